The Hall–Kier alpha value is -0.530. The van der Waals surface area contributed by atoms with Gasteiger partial charge < -0.3 is 4.74 Å². The van der Waals surface area contributed by atoms with Crippen molar-refractivity contribution in [3.63, 3.8) is 0 Å². The number of carbonyl (C=O) groups is 1. The van der Waals surface area contributed by atoms with Gasteiger partial charge in [0.25, 0.3) is 6.47 Å². The summed E-state index contributed by atoms with van der Waals surface area (Å²) in [5, 5.41) is 0. The van der Waals surface area contributed by atoms with Crippen molar-refractivity contribution in [2.24, 2.45) is 5.41 Å². The van der Waals surface area contributed by atoms with Gasteiger partial charge in [0, 0.05) is 0 Å². The second-order valence-electron chi connectivity index (χ2n) is 3.23. The summed E-state index contributed by atoms with van der Waals surface area (Å²) in [6.07, 6.45) is 2.07. The van der Waals surface area contributed by atoms with Crippen LogP contribution < -0.4 is 0 Å². The van der Waals surface area contributed by atoms with Crippen molar-refractivity contribution in [2.75, 3.05) is 6.61 Å². The molecule has 0 saturated carbocycles. The monoisotopic (exact) mass is 144 g/mol. The summed E-state index contributed by atoms with van der Waals surface area (Å²) in [6.45, 7) is 7.53. The first-order chi connectivity index (χ1) is 4.62. The zero-order valence-electron chi connectivity index (χ0n) is 7.02. The fourth-order valence-corrected chi connectivity index (χ4v) is 0.560. The van der Waals surface area contributed by atoms with E-state index in [2.05, 4.69) is 25.5 Å². The molecule has 0 rings (SSSR count). The molecule has 0 aliphatic rings. The van der Waals surface area contributed by atoms with Crippen molar-refractivity contribution in [3.8, 4) is 0 Å². The van der Waals surface area contributed by atoms with E-state index in [-0.39, 0.29) is 0 Å². The van der Waals surface area contributed by atoms with Gasteiger partial charge in [0.05, 0.1) is 6.61 Å². The third-order valence-electron chi connectivity index (χ3n) is 1.92. The Kier molecular flexibility index (Phi) is 4.08. The molecule has 10 heavy (non-hydrogen) atoms. The molecule has 0 bridgehead atoms. The molecule has 0 aromatic rings. The van der Waals surface area contributed by atoms with Gasteiger partial charge in [-0.2, -0.15) is 0 Å². The van der Waals surface area contributed by atoms with Gasteiger partial charge in [-0.15, -0.1) is 0 Å². The minimum absolute atomic E-state index is 0.309. The van der Waals surface area contributed by atoms with Crippen LogP contribution in [0.4, 0.5) is 0 Å². The molecule has 0 aliphatic carbocycles. The van der Waals surface area contributed by atoms with E-state index < -0.39 is 0 Å². The molecule has 2 nitrogen and oxygen atoms in total. The minimum atomic E-state index is 0.309. The third kappa shape index (κ3) is 4.36. The Balaban J connectivity index is 3.36. The predicted octanol–water partition coefficient (Wildman–Crippen LogP) is 1.99. The second kappa shape index (κ2) is 4.31. The van der Waals surface area contributed by atoms with Crippen LogP contribution in [0.25, 0.3) is 0 Å². The van der Waals surface area contributed by atoms with Crippen molar-refractivity contribution in [3.05, 3.63) is 0 Å². The van der Waals surface area contributed by atoms with E-state index in [1.165, 1.54) is 0 Å². The Bertz CT molecular complexity index is 97.4. The molecule has 0 atom stereocenters. The second-order valence-corrected chi connectivity index (χ2v) is 3.23. The molecule has 0 radical (unpaired) electrons. The molecule has 0 aromatic carbocycles. The van der Waals surface area contributed by atoms with Gasteiger partial charge in [0.2, 0.25) is 0 Å². The molecule has 0 unspecified atom stereocenters. The Morgan fingerprint density at radius 3 is 2.50 bits per heavy atom. The summed E-state index contributed by atoms with van der Waals surface area (Å²) in [5.74, 6) is 0. The summed E-state index contributed by atoms with van der Waals surface area (Å²) in [4.78, 5) is 9.76. The number of ether oxygens (including phenoxy) is 1. The highest BCUT2D eigenvalue weighted by atomic mass is 16.5. The smallest absolute Gasteiger partial charge is 0.293 e. The first-order valence-electron chi connectivity index (χ1n) is 3.67. The average molecular weight is 144 g/mol. The molecule has 0 N–H and O–H groups in total. The van der Waals surface area contributed by atoms with Gasteiger partial charge in [0.15, 0.2) is 0 Å². The van der Waals surface area contributed by atoms with Gasteiger partial charge in [-0.1, -0.05) is 27.2 Å². The van der Waals surface area contributed by atoms with Crippen LogP contribution in [0, 0.1) is 5.41 Å². The number of carbonyl (C=O) groups excluding carboxylic acids is 1. The standard InChI is InChI=1S/C8H16O2/c1-4-8(2,3)5-6-10-7-9/h7H,4-6H2,1-3H3. The molecule has 0 aliphatic heterocycles. The van der Waals surface area contributed by atoms with Gasteiger partial charge in [-0.25, -0.2) is 0 Å². The minimum Gasteiger partial charge on any atom is -0.468 e. The number of rotatable bonds is 5. The highest BCUT2D eigenvalue weighted by molar-refractivity contribution is 5.36. The zero-order chi connectivity index (χ0) is 8.04. The Morgan fingerprint density at radius 2 is 2.10 bits per heavy atom. The van der Waals surface area contributed by atoms with Crippen molar-refractivity contribution < 1.29 is 9.53 Å². The zero-order valence-corrected chi connectivity index (χ0v) is 7.02. The molecular formula is C8H16O2. The Labute approximate surface area is 62.6 Å². The summed E-state index contributed by atoms with van der Waals surface area (Å²) >= 11 is 0. The number of hydrogen-bond acceptors (Lipinski definition) is 2. The molecule has 0 fully saturated rings. The summed E-state index contributed by atoms with van der Waals surface area (Å²) in [6, 6.07) is 0. The molecule has 0 saturated heterocycles. The lowest BCUT2D eigenvalue weighted by atomic mass is 9.87. The number of hydrogen-bond donors (Lipinski definition) is 0. The van der Waals surface area contributed by atoms with E-state index >= 15 is 0 Å². The lowest BCUT2D eigenvalue weighted by Gasteiger charge is -2.21. The SMILES string of the molecule is CCC(C)(C)CCOC=O. The van der Waals surface area contributed by atoms with E-state index in [1.54, 1.807) is 0 Å². The van der Waals surface area contributed by atoms with Crippen molar-refractivity contribution in [2.45, 2.75) is 33.6 Å². The average Bonchev–Trinajstić information content (AvgIpc) is 1.89. The highest BCUT2D eigenvalue weighted by Gasteiger charge is 2.13. The summed E-state index contributed by atoms with van der Waals surface area (Å²) in [5.41, 5.74) is 0.309. The van der Waals surface area contributed by atoms with E-state index in [1.807, 2.05) is 0 Å². The van der Waals surface area contributed by atoms with E-state index in [4.69, 9.17) is 0 Å². The van der Waals surface area contributed by atoms with E-state index in [0.717, 1.165) is 12.8 Å². The molecular weight excluding hydrogens is 128 g/mol. The van der Waals surface area contributed by atoms with Crippen LogP contribution in [0.1, 0.15) is 33.6 Å². The largest absolute Gasteiger partial charge is 0.468 e. The third-order valence-corrected chi connectivity index (χ3v) is 1.92. The maximum absolute atomic E-state index is 9.76. The van der Waals surface area contributed by atoms with E-state index in [0.29, 0.717) is 18.5 Å². The normalized spacial score (nSPS) is 11.1. The Morgan fingerprint density at radius 1 is 1.50 bits per heavy atom. The van der Waals surface area contributed by atoms with Gasteiger partial charge in [-0.05, 0) is 11.8 Å². The van der Waals surface area contributed by atoms with Crippen LogP contribution in [-0.4, -0.2) is 13.1 Å². The molecule has 0 amide bonds. The van der Waals surface area contributed by atoms with Crippen LogP contribution in [0.2, 0.25) is 0 Å². The molecule has 60 valence electrons. The first kappa shape index (κ1) is 9.47. The summed E-state index contributed by atoms with van der Waals surface area (Å²) < 4.78 is 4.59. The van der Waals surface area contributed by atoms with Gasteiger partial charge >= 0.3 is 0 Å². The van der Waals surface area contributed by atoms with Crippen LogP contribution in [-0.2, 0) is 9.53 Å². The van der Waals surface area contributed by atoms with Crippen LogP contribution >= 0.6 is 0 Å². The van der Waals surface area contributed by atoms with Crippen LogP contribution in [0.3, 0.4) is 0 Å². The fraction of sp³-hybridized carbons (Fsp3) is 0.875. The topological polar surface area (TPSA) is 26.3 Å². The molecule has 0 heterocycles. The summed E-state index contributed by atoms with van der Waals surface area (Å²) in [7, 11) is 0. The quantitative estimate of drug-likeness (QED) is 0.435. The predicted molar refractivity (Wildman–Crippen MR) is 40.7 cm³/mol. The first-order valence-corrected chi connectivity index (χ1v) is 3.67. The highest BCUT2D eigenvalue weighted by Crippen LogP contribution is 2.23. The lowest BCUT2D eigenvalue weighted by Crippen LogP contribution is -2.12. The fourth-order valence-electron chi connectivity index (χ4n) is 0.560. The van der Waals surface area contributed by atoms with Crippen LogP contribution in [0.5, 0.6) is 0 Å². The van der Waals surface area contributed by atoms with Gasteiger partial charge in [-0.3, -0.25) is 4.79 Å². The van der Waals surface area contributed by atoms with E-state index in [9.17, 15) is 4.79 Å². The van der Waals surface area contributed by atoms with Gasteiger partial charge in [0.1, 0.15) is 0 Å². The molecule has 2 heteroatoms. The maximum Gasteiger partial charge on any atom is 0.293 e. The van der Waals surface area contributed by atoms with Crippen molar-refractivity contribution in [1.29, 1.82) is 0 Å². The molecule has 0 spiro atoms. The lowest BCUT2D eigenvalue weighted by molar-refractivity contribution is -0.129. The van der Waals surface area contributed by atoms with Crippen molar-refractivity contribution >= 4 is 6.47 Å². The van der Waals surface area contributed by atoms with Crippen molar-refractivity contribution in [1.82, 2.24) is 0 Å². The van der Waals surface area contributed by atoms with Crippen LogP contribution in [0.15, 0.2) is 0 Å². The molecule has 0 aromatic heterocycles. The maximum atomic E-state index is 9.76.